The van der Waals surface area contributed by atoms with Gasteiger partial charge in [0, 0.05) is 31.9 Å². The first-order chi connectivity index (χ1) is 9.11. The van der Waals surface area contributed by atoms with Crippen molar-refractivity contribution in [3.63, 3.8) is 0 Å². The van der Waals surface area contributed by atoms with Crippen molar-refractivity contribution in [2.24, 2.45) is 0 Å². The van der Waals surface area contributed by atoms with Crippen molar-refractivity contribution in [3.05, 3.63) is 29.6 Å². The van der Waals surface area contributed by atoms with Crippen LogP contribution in [0.3, 0.4) is 0 Å². The van der Waals surface area contributed by atoms with Gasteiger partial charge in [0.2, 0.25) is 0 Å². The van der Waals surface area contributed by atoms with Gasteiger partial charge in [0.15, 0.2) is 0 Å². The summed E-state index contributed by atoms with van der Waals surface area (Å²) < 4.78 is 0. The van der Waals surface area contributed by atoms with Crippen molar-refractivity contribution in [1.82, 2.24) is 9.88 Å². The molecule has 1 aromatic rings. The number of carbonyl (C=O) groups is 1. The minimum atomic E-state index is -0.0509. The average molecular weight is 260 g/mol. The number of hydrogen-bond acceptors (Lipinski definition) is 3. The lowest BCUT2D eigenvalue weighted by atomic mass is 10.1. The molecule has 4 nitrogen and oxygen atoms in total. The van der Waals surface area contributed by atoms with Crippen LogP contribution in [0.25, 0.3) is 0 Å². The second kappa shape index (κ2) is 7.55. The van der Waals surface area contributed by atoms with Crippen LogP contribution in [-0.2, 0) is 0 Å². The van der Waals surface area contributed by atoms with E-state index in [-0.39, 0.29) is 18.6 Å². The highest BCUT2D eigenvalue weighted by molar-refractivity contribution is 5.96. The summed E-state index contributed by atoms with van der Waals surface area (Å²) in [4.78, 5) is 18.1. The quantitative estimate of drug-likeness (QED) is 0.838. The summed E-state index contributed by atoms with van der Waals surface area (Å²) in [6.45, 7) is 4.07. The van der Waals surface area contributed by atoms with E-state index >= 15 is 0 Å². The zero-order valence-electron chi connectivity index (χ0n) is 11.7. The van der Waals surface area contributed by atoms with Crippen LogP contribution in [0.4, 0.5) is 0 Å². The van der Waals surface area contributed by atoms with Crippen molar-refractivity contribution in [2.75, 3.05) is 13.7 Å². The van der Waals surface area contributed by atoms with Crippen molar-refractivity contribution in [3.8, 4) is 11.8 Å². The first-order valence-corrected chi connectivity index (χ1v) is 6.42. The highest BCUT2D eigenvalue weighted by Crippen LogP contribution is 2.12. The highest BCUT2D eigenvalue weighted by atomic mass is 16.2. The average Bonchev–Trinajstić information content (AvgIpc) is 2.45. The smallest absolute Gasteiger partial charge is 0.255 e. The Bertz CT molecular complexity index is 488. The molecule has 1 aromatic heterocycles. The summed E-state index contributed by atoms with van der Waals surface area (Å²) in [6.07, 6.45) is 4.47. The third-order valence-corrected chi connectivity index (χ3v) is 3.08. The summed E-state index contributed by atoms with van der Waals surface area (Å²) in [5.41, 5.74) is 1.17. The monoisotopic (exact) mass is 260 g/mol. The molecule has 0 aliphatic carbocycles. The van der Waals surface area contributed by atoms with Gasteiger partial charge in [0.05, 0.1) is 17.7 Å². The van der Waals surface area contributed by atoms with Crippen molar-refractivity contribution in [2.45, 2.75) is 32.7 Å². The Morgan fingerprint density at radius 3 is 2.95 bits per heavy atom. The molecule has 0 aliphatic heterocycles. The third kappa shape index (κ3) is 4.08. The summed E-state index contributed by atoms with van der Waals surface area (Å²) in [6, 6.07) is 1.86. The van der Waals surface area contributed by atoms with Gasteiger partial charge in [-0.05, 0) is 19.4 Å². The minimum Gasteiger partial charge on any atom is -0.395 e. The third-order valence-electron chi connectivity index (χ3n) is 3.08. The van der Waals surface area contributed by atoms with Gasteiger partial charge in [0.25, 0.3) is 5.91 Å². The maximum absolute atomic E-state index is 12.4. The van der Waals surface area contributed by atoms with Gasteiger partial charge in [-0.2, -0.15) is 0 Å². The van der Waals surface area contributed by atoms with Crippen LogP contribution < -0.4 is 0 Å². The lowest BCUT2D eigenvalue weighted by Gasteiger charge is -2.24. The van der Waals surface area contributed by atoms with Crippen LogP contribution >= 0.6 is 0 Å². The predicted octanol–water partition coefficient (Wildman–Crippen LogP) is 1.69. The Labute approximate surface area is 114 Å². The highest BCUT2D eigenvalue weighted by Gasteiger charge is 2.18. The van der Waals surface area contributed by atoms with Crippen LogP contribution in [0.15, 0.2) is 18.5 Å². The molecule has 0 aromatic carbocycles. The van der Waals surface area contributed by atoms with E-state index in [2.05, 4.69) is 16.8 Å². The van der Waals surface area contributed by atoms with Gasteiger partial charge >= 0.3 is 0 Å². The molecule has 1 rings (SSSR count). The topological polar surface area (TPSA) is 53.4 Å². The molecule has 0 spiro atoms. The lowest BCUT2D eigenvalue weighted by molar-refractivity contribution is 0.0740. The van der Waals surface area contributed by atoms with Gasteiger partial charge in [-0.1, -0.05) is 18.8 Å². The molecule has 1 unspecified atom stereocenters. The molecule has 0 saturated carbocycles. The fourth-order valence-corrected chi connectivity index (χ4v) is 1.56. The second-order valence-corrected chi connectivity index (χ2v) is 4.37. The molecule has 0 aliphatic rings. The molecule has 1 atom stereocenters. The molecule has 0 bridgehead atoms. The molecule has 4 heteroatoms. The minimum absolute atomic E-state index is 0.0172. The largest absolute Gasteiger partial charge is 0.395 e. The summed E-state index contributed by atoms with van der Waals surface area (Å²) in [5, 5.41) is 8.72. The molecule has 0 radical (unpaired) electrons. The predicted molar refractivity (Wildman–Crippen MR) is 74.7 cm³/mol. The molecule has 1 amide bonds. The number of amides is 1. The van der Waals surface area contributed by atoms with Gasteiger partial charge in [-0.25, -0.2) is 0 Å². The maximum Gasteiger partial charge on any atom is 0.255 e. The van der Waals surface area contributed by atoms with E-state index in [0.29, 0.717) is 17.5 Å². The van der Waals surface area contributed by atoms with E-state index in [4.69, 9.17) is 5.11 Å². The summed E-state index contributed by atoms with van der Waals surface area (Å²) in [7, 11) is 1.79. The standard InChI is InChI=1S/C15H20N2O2/c1-4-12(2)17(3)15(19)14-8-9-16-11-13(14)7-5-6-10-18/h8-9,11-12,18H,4,6,10H2,1-3H3. The van der Waals surface area contributed by atoms with Gasteiger partial charge in [-0.3, -0.25) is 9.78 Å². The molecule has 19 heavy (non-hydrogen) atoms. The Morgan fingerprint density at radius 1 is 1.58 bits per heavy atom. The molecule has 102 valence electrons. The van der Waals surface area contributed by atoms with E-state index in [1.165, 1.54) is 0 Å². The Kier molecular flexibility index (Phi) is 6.04. The number of carbonyl (C=O) groups excluding carboxylic acids is 1. The number of rotatable bonds is 4. The molecule has 0 fully saturated rings. The van der Waals surface area contributed by atoms with Crippen LogP contribution in [-0.4, -0.2) is 40.6 Å². The maximum atomic E-state index is 12.4. The first-order valence-electron chi connectivity index (χ1n) is 6.42. The number of nitrogens with zero attached hydrogens (tertiary/aromatic N) is 2. The van der Waals surface area contributed by atoms with Crippen molar-refractivity contribution >= 4 is 5.91 Å². The Balaban J connectivity index is 3.01. The molecule has 1 heterocycles. The number of aliphatic hydroxyl groups is 1. The van der Waals surface area contributed by atoms with Crippen molar-refractivity contribution < 1.29 is 9.90 Å². The van der Waals surface area contributed by atoms with Gasteiger partial charge < -0.3 is 10.0 Å². The van der Waals surface area contributed by atoms with Crippen LogP contribution in [0.5, 0.6) is 0 Å². The fourth-order valence-electron chi connectivity index (χ4n) is 1.56. The second-order valence-electron chi connectivity index (χ2n) is 4.37. The van der Waals surface area contributed by atoms with Crippen LogP contribution in [0, 0.1) is 11.8 Å². The fraction of sp³-hybridized carbons (Fsp3) is 0.467. The number of pyridine rings is 1. The van der Waals surface area contributed by atoms with Gasteiger partial charge in [-0.15, -0.1) is 0 Å². The zero-order valence-corrected chi connectivity index (χ0v) is 11.7. The number of aliphatic hydroxyl groups excluding tert-OH is 1. The SMILES string of the molecule is CCC(C)N(C)C(=O)c1ccncc1C#CCCO. The zero-order chi connectivity index (χ0) is 14.3. The molecular formula is C15H20N2O2. The van der Waals surface area contributed by atoms with Crippen LogP contribution in [0.2, 0.25) is 0 Å². The number of hydrogen-bond donors (Lipinski definition) is 1. The lowest BCUT2D eigenvalue weighted by Crippen LogP contribution is -2.35. The Hall–Kier alpha value is -1.86. The molecular weight excluding hydrogens is 240 g/mol. The van der Waals surface area contributed by atoms with E-state index in [1.54, 1.807) is 30.4 Å². The Morgan fingerprint density at radius 2 is 2.32 bits per heavy atom. The summed E-state index contributed by atoms with van der Waals surface area (Å²) >= 11 is 0. The molecule has 1 N–H and O–H groups in total. The van der Waals surface area contributed by atoms with E-state index < -0.39 is 0 Å². The normalized spacial score (nSPS) is 11.4. The van der Waals surface area contributed by atoms with Gasteiger partial charge in [0.1, 0.15) is 0 Å². The van der Waals surface area contributed by atoms with Crippen molar-refractivity contribution in [1.29, 1.82) is 0 Å². The summed E-state index contributed by atoms with van der Waals surface area (Å²) in [5.74, 6) is 5.65. The number of aromatic nitrogens is 1. The first kappa shape index (κ1) is 15.2. The van der Waals surface area contributed by atoms with Crippen LogP contribution in [0.1, 0.15) is 42.6 Å². The molecule has 0 saturated heterocycles. The van der Waals surface area contributed by atoms with E-state index in [0.717, 1.165) is 6.42 Å². The van der Waals surface area contributed by atoms with E-state index in [9.17, 15) is 4.79 Å². The van der Waals surface area contributed by atoms with E-state index in [1.807, 2.05) is 13.8 Å².